The number of ketones is 1. The van der Waals surface area contributed by atoms with Crippen LogP contribution in [-0.4, -0.2) is 79.0 Å². The summed E-state index contributed by atoms with van der Waals surface area (Å²) in [6, 6.07) is 22.4. The summed E-state index contributed by atoms with van der Waals surface area (Å²) >= 11 is 0. The maximum atomic E-state index is 13.0. The summed E-state index contributed by atoms with van der Waals surface area (Å²) in [4.78, 5) is 40.3. The summed E-state index contributed by atoms with van der Waals surface area (Å²) in [5, 5.41) is 0. The van der Waals surface area contributed by atoms with Crippen LogP contribution < -0.4 is 9.80 Å². The second-order valence-corrected chi connectivity index (χ2v) is 11.3. The maximum Gasteiger partial charge on any atom is 0.225 e. The lowest BCUT2D eigenvalue weighted by atomic mass is 10.0. The van der Waals surface area contributed by atoms with Gasteiger partial charge in [-0.3, -0.25) is 9.59 Å². The lowest BCUT2D eigenvalue weighted by Crippen LogP contribution is -2.49. The number of carbonyl (C=O) groups is 2. The molecule has 210 valence electrons. The van der Waals surface area contributed by atoms with Crippen molar-refractivity contribution >= 4 is 34.1 Å². The number of benzene rings is 3. The highest BCUT2D eigenvalue weighted by atomic mass is 16.5. The van der Waals surface area contributed by atoms with E-state index >= 15 is 0 Å². The monoisotopic (exact) mass is 549 g/mol. The molecule has 4 aromatic rings. The molecule has 0 bridgehead atoms. The zero-order chi connectivity index (χ0) is 27.8. The SMILES string of the molecule is O=C(Cc1ccc2nc(-c3ccc(N4CCN(C(=O)C5CC5)CC4)cc3)[nH]c2c1)c1ccc(N2CCOCC2)cc1. The number of piperazine rings is 1. The van der Waals surface area contributed by atoms with Gasteiger partial charge in [0.2, 0.25) is 5.91 Å². The standard InChI is InChI=1S/C33H35N5O3/c39-31(24-4-8-28(9-5-24)37-17-19-41-20-18-37)22-23-1-12-29-30(21-23)35-32(34-29)25-6-10-27(11-7-25)36-13-15-38(16-14-36)33(40)26-2-3-26/h1,4-12,21,26H,2-3,13-20,22H2,(H,34,35). The summed E-state index contributed by atoms with van der Waals surface area (Å²) in [5.74, 6) is 1.55. The van der Waals surface area contributed by atoms with E-state index in [-0.39, 0.29) is 5.78 Å². The Morgan fingerprint density at radius 2 is 1.46 bits per heavy atom. The third kappa shape index (κ3) is 5.57. The van der Waals surface area contributed by atoms with Crippen LogP contribution in [0, 0.1) is 5.92 Å². The minimum Gasteiger partial charge on any atom is -0.378 e. The van der Waals surface area contributed by atoms with E-state index < -0.39 is 0 Å². The third-order valence-electron chi connectivity index (χ3n) is 8.50. The number of imidazole rings is 1. The number of amides is 1. The highest BCUT2D eigenvalue weighted by Crippen LogP contribution is 2.32. The van der Waals surface area contributed by atoms with Crippen molar-refractivity contribution in [3.8, 4) is 11.4 Å². The van der Waals surface area contributed by atoms with Crippen molar-refractivity contribution in [1.29, 1.82) is 0 Å². The van der Waals surface area contributed by atoms with Gasteiger partial charge in [0, 0.05) is 74.1 Å². The smallest absolute Gasteiger partial charge is 0.225 e. The minimum absolute atomic E-state index is 0.103. The van der Waals surface area contributed by atoms with Gasteiger partial charge in [0.1, 0.15) is 5.82 Å². The Kier molecular flexibility index (Phi) is 6.92. The number of rotatable bonds is 7. The molecule has 0 radical (unpaired) electrons. The predicted molar refractivity (Wildman–Crippen MR) is 161 cm³/mol. The lowest BCUT2D eigenvalue weighted by molar-refractivity contribution is -0.132. The number of nitrogens with zero attached hydrogens (tertiary/aromatic N) is 4. The first kappa shape index (κ1) is 25.8. The number of H-pyrrole nitrogens is 1. The Morgan fingerprint density at radius 1 is 0.805 bits per heavy atom. The predicted octanol–water partition coefficient (Wildman–Crippen LogP) is 4.55. The second-order valence-electron chi connectivity index (χ2n) is 11.3. The van der Waals surface area contributed by atoms with Crippen LogP contribution in [0.25, 0.3) is 22.4 Å². The fourth-order valence-corrected chi connectivity index (χ4v) is 5.87. The van der Waals surface area contributed by atoms with Crippen molar-refractivity contribution in [3.63, 3.8) is 0 Å². The molecule has 3 heterocycles. The number of Topliss-reactive ketones (excluding diaryl/α,β-unsaturated/α-hetero) is 1. The number of hydrogen-bond donors (Lipinski definition) is 1. The summed E-state index contributed by atoms with van der Waals surface area (Å²) < 4.78 is 5.44. The minimum atomic E-state index is 0.103. The Labute approximate surface area is 239 Å². The van der Waals surface area contributed by atoms with Crippen molar-refractivity contribution < 1.29 is 14.3 Å². The molecule has 7 rings (SSSR count). The van der Waals surface area contributed by atoms with Crippen LogP contribution in [0.15, 0.2) is 66.7 Å². The molecule has 1 aliphatic carbocycles. The molecule has 8 nitrogen and oxygen atoms in total. The Morgan fingerprint density at radius 3 is 2.15 bits per heavy atom. The fourth-order valence-electron chi connectivity index (χ4n) is 5.87. The van der Waals surface area contributed by atoms with Crippen LogP contribution in [-0.2, 0) is 16.0 Å². The zero-order valence-corrected chi connectivity index (χ0v) is 23.2. The number of nitrogens with one attached hydrogen (secondary N) is 1. The molecule has 0 spiro atoms. The summed E-state index contributed by atoms with van der Waals surface area (Å²) in [5.41, 5.74) is 6.81. The lowest BCUT2D eigenvalue weighted by Gasteiger charge is -2.36. The molecule has 1 aromatic heterocycles. The number of ether oxygens (including phenoxy) is 1. The topological polar surface area (TPSA) is 81.8 Å². The van der Waals surface area contributed by atoms with Gasteiger partial charge in [0.25, 0.3) is 0 Å². The third-order valence-corrected chi connectivity index (χ3v) is 8.50. The van der Waals surface area contributed by atoms with Crippen LogP contribution >= 0.6 is 0 Å². The van der Waals surface area contributed by atoms with Crippen molar-refractivity contribution in [2.24, 2.45) is 5.92 Å². The largest absolute Gasteiger partial charge is 0.378 e. The number of hydrogen-bond acceptors (Lipinski definition) is 6. The molecule has 0 atom stereocenters. The van der Waals surface area contributed by atoms with Gasteiger partial charge >= 0.3 is 0 Å². The molecule has 2 saturated heterocycles. The molecular formula is C33H35N5O3. The Hall–Kier alpha value is -4.17. The molecule has 1 saturated carbocycles. The molecule has 3 aromatic carbocycles. The van der Waals surface area contributed by atoms with E-state index in [1.165, 1.54) is 5.69 Å². The highest BCUT2D eigenvalue weighted by molar-refractivity contribution is 5.98. The number of aromatic amines is 1. The first-order chi connectivity index (χ1) is 20.1. The van der Waals surface area contributed by atoms with E-state index in [9.17, 15) is 9.59 Å². The molecule has 0 unspecified atom stereocenters. The second kappa shape index (κ2) is 11.0. The van der Waals surface area contributed by atoms with Gasteiger partial charge in [-0.25, -0.2) is 4.98 Å². The van der Waals surface area contributed by atoms with Gasteiger partial charge in [-0.1, -0.05) is 6.07 Å². The molecule has 3 aliphatic rings. The first-order valence-electron chi connectivity index (χ1n) is 14.7. The molecule has 2 aliphatic heterocycles. The van der Waals surface area contributed by atoms with E-state index in [0.29, 0.717) is 18.2 Å². The van der Waals surface area contributed by atoms with Crippen molar-refractivity contribution in [1.82, 2.24) is 14.9 Å². The molecule has 1 amide bonds. The van der Waals surface area contributed by atoms with E-state index in [1.807, 2.05) is 47.4 Å². The Balaban J connectivity index is 0.989. The molecular weight excluding hydrogens is 514 g/mol. The molecule has 3 fully saturated rings. The number of fused-ring (bicyclic) bond motifs is 1. The normalized spacial score (nSPS) is 17.7. The summed E-state index contributed by atoms with van der Waals surface area (Å²) in [6.07, 6.45) is 2.47. The van der Waals surface area contributed by atoms with Crippen LogP contribution in [0.1, 0.15) is 28.8 Å². The maximum absolute atomic E-state index is 13.0. The fraction of sp³-hybridized carbons (Fsp3) is 0.364. The number of aromatic nitrogens is 2. The van der Waals surface area contributed by atoms with Gasteiger partial charge in [0.05, 0.1) is 24.2 Å². The van der Waals surface area contributed by atoms with Crippen molar-refractivity contribution in [2.75, 3.05) is 62.3 Å². The molecule has 8 heteroatoms. The number of morpholine rings is 1. The van der Waals surface area contributed by atoms with Crippen LogP contribution in [0.5, 0.6) is 0 Å². The van der Waals surface area contributed by atoms with E-state index in [4.69, 9.17) is 9.72 Å². The molecule has 1 N–H and O–H groups in total. The van der Waals surface area contributed by atoms with Gasteiger partial charge in [-0.05, 0) is 79.1 Å². The van der Waals surface area contributed by atoms with Crippen molar-refractivity contribution in [2.45, 2.75) is 19.3 Å². The van der Waals surface area contributed by atoms with Gasteiger partial charge in [0.15, 0.2) is 5.78 Å². The number of carbonyl (C=O) groups excluding carboxylic acids is 2. The van der Waals surface area contributed by atoms with E-state index in [1.54, 1.807) is 0 Å². The highest BCUT2D eigenvalue weighted by Gasteiger charge is 2.34. The Bertz CT molecular complexity index is 1540. The average molecular weight is 550 g/mol. The van der Waals surface area contributed by atoms with Gasteiger partial charge in [-0.2, -0.15) is 0 Å². The average Bonchev–Trinajstić information content (AvgIpc) is 3.80. The van der Waals surface area contributed by atoms with E-state index in [0.717, 1.165) is 105 Å². The molecule has 41 heavy (non-hydrogen) atoms. The zero-order valence-electron chi connectivity index (χ0n) is 23.2. The van der Waals surface area contributed by atoms with Crippen molar-refractivity contribution in [3.05, 3.63) is 77.9 Å². The summed E-state index contributed by atoms with van der Waals surface area (Å²) in [6.45, 7) is 6.56. The number of anilines is 2. The van der Waals surface area contributed by atoms with Gasteiger partial charge in [-0.15, -0.1) is 0 Å². The first-order valence-corrected chi connectivity index (χ1v) is 14.7. The van der Waals surface area contributed by atoms with Gasteiger partial charge < -0.3 is 24.4 Å². The van der Waals surface area contributed by atoms with Crippen LogP contribution in [0.4, 0.5) is 11.4 Å². The van der Waals surface area contributed by atoms with E-state index in [2.05, 4.69) is 39.0 Å². The quantitative estimate of drug-likeness (QED) is 0.341. The van der Waals surface area contributed by atoms with Crippen LogP contribution in [0.3, 0.4) is 0 Å². The summed E-state index contributed by atoms with van der Waals surface area (Å²) in [7, 11) is 0. The van der Waals surface area contributed by atoms with Crippen LogP contribution in [0.2, 0.25) is 0 Å².